The predicted octanol–water partition coefficient (Wildman–Crippen LogP) is 1.80. The van der Waals surface area contributed by atoms with Gasteiger partial charge in [-0.1, -0.05) is 37.3 Å². The number of carbonyl (C=O) groups excluding carboxylic acids is 1. The molecule has 5 nitrogen and oxygen atoms in total. The first-order valence-corrected chi connectivity index (χ1v) is 9.46. The molecule has 0 aliphatic rings. The maximum Gasteiger partial charge on any atom is 0.221 e. The summed E-state index contributed by atoms with van der Waals surface area (Å²) in [7, 11) is -3.31. The second-order valence-electron chi connectivity index (χ2n) is 5.52. The van der Waals surface area contributed by atoms with Crippen LogP contribution < -0.4 is 5.32 Å². The first kappa shape index (κ1) is 18.6. The second kappa shape index (κ2) is 8.90. The molecular formula is C16H26N2O3S. The monoisotopic (exact) mass is 326 g/mol. The van der Waals surface area contributed by atoms with Crippen LogP contribution in [0.1, 0.15) is 32.3 Å². The van der Waals surface area contributed by atoms with Crippen molar-refractivity contribution in [2.24, 2.45) is 0 Å². The van der Waals surface area contributed by atoms with Gasteiger partial charge in [-0.05, 0) is 25.3 Å². The van der Waals surface area contributed by atoms with Crippen LogP contribution in [0, 0.1) is 0 Å². The first-order chi connectivity index (χ1) is 10.3. The fourth-order valence-corrected chi connectivity index (χ4v) is 2.86. The van der Waals surface area contributed by atoms with Crippen LogP contribution in [0.4, 0.5) is 0 Å². The minimum Gasteiger partial charge on any atom is -0.354 e. The summed E-state index contributed by atoms with van der Waals surface area (Å²) >= 11 is 0. The quantitative estimate of drug-likeness (QED) is 0.752. The van der Waals surface area contributed by atoms with E-state index in [9.17, 15) is 13.2 Å². The maximum absolute atomic E-state index is 11.8. The van der Waals surface area contributed by atoms with Crippen molar-refractivity contribution >= 4 is 15.9 Å². The molecule has 1 aromatic rings. The van der Waals surface area contributed by atoms with Gasteiger partial charge in [0, 0.05) is 25.6 Å². The number of nitrogens with one attached hydrogen (secondary N) is 1. The van der Waals surface area contributed by atoms with Gasteiger partial charge in [-0.3, -0.25) is 4.79 Å². The molecule has 0 fully saturated rings. The number of hydrogen-bond acceptors (Lipinski definition) is 3. The molecule has 0 saturated carbocycles. The molecule has 0 radical (unpaired) electrons. The van der Waals surface area contributed by atoms with E-state index in [1.165, 1.54) is 10.6 Å². The SMILES string of the molecule is CCC(C)NC(=O)CCN(CCc1ccccc1)S(C)(=O)=O. The highest BCUT2D eigenvalue weighted by Gasteiger charge is 2.18. The molecule has 0 aliphatic carbocycles. The van der Waals surface area contributed by atoms with Crippen LogP contribution in [0.2, 0.25) is 0 Å². The molecule has 0 saturated heterocycles. The Kier molecular flexibility index (Phi) is 7.55. The van der Waals surface area contributed by atoms with Crippen molar-refractivity contribution < 1.29 is 13.2 Å². The zero-order valence-electron chi connectivity index (χ0n) is 13.6. The first-order valence-electron chi connectivity index (χ1n) is 7.61. The lowest BCUT2D eigenvalue weighted by molar-refractivity contribution is -0.121. The average molecular weight is 326 g/mol. The Hall–Kier alpha value is -1.40. The number of hydrogen-bond donors (Lipinski definition) is 1. The largest absolute Gasteiger partial charge is 0.354 e. The summed E-state index contributed by atoms with van der Waals surface area (Å²) in [6, 6.07) is 9.84. The third-order valence-corrected chi connectivity index (χ3v) is 4.87. The van der Waals surface area contributed by atoms with Crippen LogP contribution in [-0.4, -0.2) is 44.0 Å². The summed E-state index contributed by atoms with van der Waals surface area (Å²) in [4.78, 5) is 11.8. The number of amides is 1. The molecule has 22 heavy (non-hydrogen) atoms. The number of nitrogens with zero attached hydrogens (tertiary/aromatic N) is 1. The number of sulfonamides is 1. The van der Waals surface area contributed by atoms with Gasteiger partial charge >= 0.3 is 0 Å². The Labute approximate surface area is 133 Å². The summed E-state index contributed by atoms with van der Waals surface area (Å²) < 4.78 is 25.0. The molecule has 1 rings (SSSR count). The number of rotatable bonds is 9. The van der Waals surface area contributed by atoms with Crippen molar-refractivity contribution in [2.75, 3.05) is 19.3 Å². The summed E-state index contributed by atoms with van der Waals surface area (Å²) in [5.41, 5.74) is 1.08. The zero-order valence-corrected chi connectivity index (χ0v) is 14.4. The fourth-order valence-electron chi connectivity index (χ4n) is 2.02. The third kappa shape index (κ3) is 7.04. The van der Waals surface area contributed by atoms with Crippen molar-refractivity contribution in [2.45, 2.75) is 39.2 Å². The van der Waals surface area contributed by atoms with E-state index in [1.54, 1.807) is 0 Å². The Balaban J connectivity index is 2.53. The molecule has 1 aromatic carbocycles. The topological polar surface area (TPSA) is 66.5 Å². The third-order valence-electron chi connectivity index (χ3n) is 3.57. The molecule has 1 atom stereocenters. The highest BCUT2D eigenvalue weighted by molar-refractivity contribution is 7.88. The average Bonchev–Trinajstić information content (AvgIpc) is 2.46. The Morgan fingerprint density at radius 1 is 1.23 bits per heavy atom. The van der Waals surface area contributed by atoms with Crippen LogP contribution in [-0.2, 0) is 21.2 Å². The lowest BCUT2D eigenvalue weighted by Gasteiger charge is -2.20. The minimum atomic E-state index is -3.31. The standard InChI is InChI=1S/C16H26N2O3S/c1-4-14(2)17-16(19)11-13-18(22(3,20)21)12-10-15-8-6-5-7-9-15/h5-9,14H,4,10-13H2,1-3H3,(H,17,19). The fraction of sp³-hybridized carbons (Fsp3) is 0.562. The van der Waals surface area contributed by atoms with E-state index in [0.29, 0.717) is 13.0 Å². The summed E-state index contributed by atoms with van der Waals surface area (Å²) in [5, 5.41) is 2.85. The van der Waals surface area contributed by atoms with Gasteiger partial charge in [-0.25, -0.2) is 12.7 Å². The van der Waals surface area contributed by atoms with E-state index >= 15 is 0 Å². The number of carbonyl (C=O) groups is 1. The molecule has 1 N–H and O–H groups in total. The van der Waals surface area contributed by atoms with Gasteiger partial charge in [0.05, 0.1) is 6.26 Å². The maximum atomic E-state index is 11.8. The van der Waals surface area contributed by atoms with Gasteiger partial charge in [0.15, 0.2) is 0 Å². The van der Waals surface area contributed by atoms with Gasteiger partial charge in [-0.2, -0.15) is 0 Å². The van der Waals surface area contributed by atoms with Crippen LogP contribution in [0.25, 0.3) is 0 Å². The number of benzene rings is 1. The van der Waals surface area contributed by atoms with E-state index < -0.39 is 10.0 Å². The lowest BCUT2D eigenvalue weighted by atomic mass is 10.1. The van der Waals surface area contributed by atoms with Crippen molar-refractivity contribution in [3.63, 3.8) is 0 Å². The molecule has 1 unspecified atom stereocenters. The molecule has 0 bridgehead atoms. The molecule has 0 aliphatic heterocycles. The van der Waals surface area contributed by atoms with Crippen molar-refractivity contribution in [1.29, 1.82) is 0 Å². The Morgan fingerprint density at radius 2 is 1.86 bits per heavy atom. The molecule has 0 spiro atoms. The normalized spacial score (nSPS) is 13.1. The second-order valence-corrected chi connectivity index (χ2v) is 7.51. The van der Waals surface area contributed by atoms with Gasteiger partial charge in [0.1, 0.15) is 0 Å². The summed E-state index contributed by atoms with van der Waals surface area (Å²) in [6.07, 6.45) is 2.87. The van der Waals surface area contributed by atoms with Gasteiger partial charge in [0.2, 0.25) is 15.9 Å². The van der Waals surface area contributed by atoms with E-state index in [4.69, 9.17) is 0 Å². The minimum absolute atomic E-state index is 0.109. The van der Waals surface area contributed by atoms with Crippen LogP contribution in [0.3, 0.4) is 0 Å². The van der Waals surface area contributed by atoms with E-state index in [2.05, 4.69) is 5.32 Å². The van der Waals surface area contributed by atoms with Gasteiger partial charge in [-0.15, -0.1) is 0 Å². The van der Waals surface area contributed by atoms with Crippen LogP contribution >= 0.6 is 0 Å². The molecule has 0 aromatic heterocycles. The van der Waals surface area contributed by atoms with E-state index in [-0.39, 0.29) is 24.9 Å². The Morgan fingerprint density at radius 3 is 2.41 bits per heavy atom. The van der Waals surface area contributed by atoms with Gasteiger partial charge < -0.3 is 5.32 Å². The van der Waals surface area contributed by atoms with Gasteiger partial charge in [0.25, 0.3) is 0 Å². The van der Waals surface area contributed by atoms with E-state index in [0.717, 1.165) is 12.0 Å². The highest BCUT2D eigenvalue weighted by Crippen LogP contribution is 2.06. The van der Waals surface area contributed by atoms with Crippen molar-refractivity contribution in [1.82, 2.24) is 9.62 Å². The van der Waals surface area contributed by atoms with Crippen LogP contribution in [0.5, 0.6) is 0 Å². The molecular weight excluding hydrogens is 300 g/mol. The summed E-state index contributed by atoms with van der Waals surface area (Å²) in [6.45, 7) is 4.53. The van der Waals surface area contributed by atoms with Crippen molar-refractivity contribution in [3.8, 4) is 0 Å². The lowest BCUT2D eigenvalue weighted by Crippen LogP contribution is -2.38. The zero-order chi connectivity index (χ0) is 16.6. The predicted molar refractivity (Wildman–Crippen MR) is 89.1 cm³/mol. The van der Waals surface area contributed by atoms with Crippen molar-refractivity contribution in [3.05, 3.63) is 35.9 Å². The van der Waals surface area contributed by atoms with E-state index in [1.807, 2.05) is 44.2 Å². The molecule has 0 heterocycles. The molecule has 124 valence electrons. The van der Waals surface area contributed by atoms with Crippen LogP contribution in [0.15, 0.2) is 30.3 Å². The molecule has 6 heteroatoms. The highest BCUT2D eigenvalue weighted by atomic mass is 32.2. The Bertz CT molecular complexity index is 558. The smallest absolute Gasteiger partial charge is 0.221 e. The molecule has 1 amide bonds. The summed E-state index contributed by atoms with van der Waals surface area (Å²) in [5.74, 6) is -0.109.